The molecule has 2 heterocycles. The van der Waals surface area contributed by atoms with E-state index in [-0.39, 0.29) is 35.8 Å². The number of nitrogens with one attached hydrogen (secondary N) is 1. The number of likely N-dealkylation sites (tertiary alicyclic amines) is 1. The zero-order chi connectivity index (χ0) is 17.6. The first-order valence-corrected chi connectivity index (χ1v) is 10.1. The first kappa shape index (κ1) is 19.6. The van der Waals surface area contributed by atoms with Gasteiger partial charge in [0.1, 0.15) is 0 Å². The predicted molar refractivity (Wildman–Crippen MR) is 98.1 cm³/mol. The van der Waals surface area contributed by atoms with Crippen LogP contribution in [-0.2, 0) is 32.8 Å². The van der Waals surface area contributed by atoms with Gasteiger partial charge >= 0.3 is 0 Å². The van der Waals surface area contributed by atoms with Crippen LogP contribution in [0.25, 0.3) is 0 Å². The lowest BCUT2D eigenvalue weighted by Crippen LogP contribution is -2.40. The number of nitrogens with zero attached hydrogens (tertiary/aromatic N) is 1. The largest absolute Gasteiger partial charge is 0.372 e. The predicted octanol–water partition coefficient (Wildman–Crippen LogP) is 0.613. The number of carbonyl (C=O) groups is 1. The SMILES string of the molecule is Cl.NC1CCC2CN(C(=O)CNS(=O)(=O)c3ccc4c(c3)COC4)CC12. The second-order valence-electron chi connectivity index (χ2n) is 7.21. The van der Waals surface area contributed by atoms with Crippen LogP contribution in [0.1, 0.15) is 24.0 Å². The van der Waals surface area contributed by atoms with Crippen LogP contribution >= 0.6 is 12.4 Å². The van der Waals surface area contributed by atoms with Crippen LogP contribution in [0.2, 0.25) is 0 Å². The van der Waals surface area contributed by atoms with Crippen molar-refractivity contribution in [2.45, 2.75) is 37.0 Å². The molecule has 3 atom stereocenters. The number of halogens is 1. The number of sulfonamides is 1. The molecule has 144 valence electrons. The second kappa shape index (κ2) is 7.44. The zero-order valence-corrected chi connectivity index (χ0v) is 16.0. The molecular weight excluding hydrogens is 378 g/mol. The Bertz CT molecular complexity index is 801. The van der Waals surface area contributed by atoms with Gasteiger partial charge < -0.3 is 15.4 Å². The highest BCUT2D eigenvalue weighted by atomic mass is 35.5. The highest BCUT2D eigenvalue weighted by Gasteiger charge is 2.42. The van der Waals surface area contributed by atoms with Gasteiger partial charge in [0.15, 0.2) is 0 Å². The van der Waals surface area contributed by atoms with E-state index >= 15 is 0 Å². The molecule has 3 aliphatic rings. The molecular formula is C17H24ClN3O4S. The molecule has 7 nitrogen and oxygen atoms in total. The van der Waals surface area contributed by atoms with E-state index in [0.29, 0.717) is 38.1 Å². The molecule has 1 aromatic rings. The monoisotopic (exact) mass is 401 g/mol. The topological polar surface area (TPSA) is 102 Å². The molecule has 1 aromatic carbocycles. The Morgan fingerprint density at radius 1 is 1.23 bits per heavy atom. The number of fused-ring (bicyclic) bond motifs is 2. The number of hydrogen-bond acceptors (Lipinski definition) is 5. The number of amides is 1. The van der Waals surface area contributed by atoms with Crippen molar-refractivity contribution >= 4 is 28.3 Å². The lowest BCUT2D eigenvalue weighted by atomic mass is 9.98. The maximum atomic E-state index is 12.5. The van der Waals surface area contributed by atoms with Crippen molar-refractivity contribution in [2.24, 2.45) is 17.6 Å². The maximum Gasteiger partial charge on any atom is 0.241 e. The Labute approximate surface area is 159 Å². The molecule has 3 N–H and O–H groups in total. The fourth-order valence-electron chi connectivity index (χ4n) is 4.18. The Morgan fingerprint density at radius 3 is 2.77 bits per heavy atom. The van der Waals surface area contributed by atoms with E-state index in [1.54, 1.807) is 23.1 Å². The molecule has 9 heteroatoms. The number of nitrogens with two attached hydrogens (primary N) is 1. The molecule has 0 aromatic heterocycles. The third-order valence-corrected chi connectivity index (χ3v) is 7.08. The molecule has 0 spiro atoms. The highest BCUT2D eigenvalue weighted by Crippen LogP contribution is 2.37. The van der Waals surface area contributed by atoms with E-state index in [2.05, 4.69) is 4.72 Å². The van der Waals surface area contributed by atoms with Crippen LogP contribution in [0.5, 0.6) is 0 Å². The van der Waals surface area contributed by atoms with Crippen LogP contribution in [0.4, 0.5) is 0 Å². The van der Waals surface area contributed by atoms with Gasteiger partial charge in [-0.15, -0.1) is 12.4 Å². The summed E-state index contributed by atoms with van der Waals surface area (Å²) in [6.07, 6.45) is 2.07. The molecule has 1 aliphatic carbocycles. The van der Waals surface area contributed by atoms with E-state index in [9.17, 15) is 13.2 Å². The van der Waals surface area contributed by atoms with Gasteiger partial charge in [-0.2, -0.15) is 0 Å². The standard InChI is InChI=1S/C17H23N3O4S.ClH/c18-16-4-2-11-7-20(8-15(11)16)17(21)6-19-25(22,23)14-3-1-12-9-24-10-13(12)5-14;/h1,3,5,11,15-16,19H,2,4,6-10,18H2;1H. The summed E-state index contributed by atoms with van der Waals surface area (Å²) in [6, 6.07) is 5.10. The molecule has 1 amide bonds. The molecule has 0 bridgehead atoms. The lowest BCUT2D eigenvalue weighted by molar-refractivity contribution is -0.129. The minimum absolute atomic E-state index is 0. The average molecular weight is 402 g/mol. The highest BCUT2D eigenvalue weighted by molar-refractivity contribution is 7.89. The number of carbonyl (C=O) groups excluding carboxylic acids is 1. The number of benzene rings is 1. The summed E-state index contributed by atoms with van der Waals surface area (Å²) >= 11 is 0. The van der Waals surface area contributed by atoms with Crippen LogP contribution in [0.3, 0.4) is 0 Å². The fraction of sp³-hybridized carbons (Fsp3) is 0.588. The summed E-state index contributed by atoms with van der Waals surface area (Å²) in [5.41, 5.74) is 7.98. The van der Waals surface area contributed by atoms with E-state index in [1.165, 1.54) is 0 Å². The summed E-state index contributed by atoms with van der Waals surface area (Å²) in [5, 5.41) is 0. The maximum absolute atomic E-state index is 12.5. The van der Waals surface area contributed by atoms with Gasteiger partial charge in [0.05, 0.1) is 24.7 Å². The van der Waals surface area contributed by atoms with E-state index in [4.69, 9.17) is 10.5 Å². The Morgan fingerprint density at radius 2 is 2.00 bits per heavy atom. The summed E-state index contributed by atoms with van der Waals surface area (Å²) in [4.78, 5) is 14.3. The zero-order valence-electron chi connectivity index (χ0n) is 14.4. The van der Waals surface area contributed by atoms with Crippen molar-refractivity contribution in [2.75, 3.05) is 19.6 Å². The molecule has 2 aliphatic heterocycles. The third kappa shape index (κ3) is 3.61. The van der Waals surface area contributed by atoms with Gasteiger partial charge in [0.25, 0.3) is 0 Å². The van der Waals surface area contributed by atoms with Crippen molar-refractivity contribution in [3.05, 3.63) is 29.3 Å². The van der Waals surface area contributed by atoms with E-state index in [1.807, 2.05) is 0 Å². The van der Waals surface area contributed by atoms with Crippen LogP contribution in [0, 0.1) is 11.8 Å². The molecule has 1 saturated carbocycles. The minimum Gasteiger partial charge on any atom is -0.372 e. The summed E-state index contributed by atoms with van der Waals surface area (Å²) in [7, 11) is -3.71. The van der Waals surface area contributed by atoms with Gasteiger partial charge in [0, 0.05) is 19.1 Å². The normalized spacial score (nSPS) is 27.1. The van der Waals surface area contributed by atoms with Crippen molar-refractivity contribution in [3.63, 3.8) is 0 Å². The summed E-state index contributed by atoms with van der Waals surface area (Å²) in [5.74, 6) is 0.638. The summed E-state index contributed by atoms with van der Waals surface area (Å²) in [6.45, 7) is 2.05. The third-order valence-electron chi connectivity index (χ3n) is 5.68. The molecule has 1 saturated heterocycles. The van der Waals surface area contributed by atoms with Crippen molar-refractivity contribution in [1.82, 2.24) is 9.62 Å². The van der Waals surface area contributed by atoms with E-state index in [0.717, 1.165) is 24.0 Å². The number of hydrogen-bond donors (Lipinski definition) is 2. The lowest BCUT2D eigenvalue weighted by Gasteiger charge is -2.19. The van der Waals surface area contributed by atoms with Crippen LogP contribution in [-0.4, -0.2) is 44.9 Å². The van der Waals surface area contributed by atoms with Gasteiger partial charge in [-0.25, -0.2) is 13.1 Å². The smallest absolute Gasteiger partial charge is 0.241 e. The van der Waals surface area contributed by atoms with Gasteiger partial charge in [-0.3, -0.25) is 4.79 Å². The average Bonchev–Trinajstić information content (AvgIpc) is 3.29. The molecule has 3 unspecified atom stereocenters. The van der Waals surface area contributed by atoms with Gasteiger partial charge in [0.2, 0.25) is 15.9 Å². The van der Waals surface area contributed by atoms with Crippen LogP contribution in [0.15, 0.2) is 23.1 Å². The van der Waals surface area contributed by atoms with Crippen molar-refractivity contribution in [3.8, 4) is 0 Å². The summed E-state index contributed by atoms with van der Waals surface area (Å²) < 4.78 is 32.6. The molecule has 0 radical (unpaired) electrons. The minimum atomic E-state index is -3.71. The van der Waals surface area contributed by atoms with E-state index < -0.39 is 10.0 Å². The Hall–Kier alpha value is -1.19. The molecule has 26 heavy (non-hydrogen) atoms. The molecule has 4 rings (SSSR count). The van der Waals surface area contributed by atoms with Gasteiger partial charge in [-0.1, -0.05) is 6.07 Å². The fourth-order valence-corrected chi connectivity index (χ4v) is 5.20. The van der Waals surface area contributed by atoms with Gasteiger partial charge in [-0.05, 0) is 47.9 Å². The quantitative estimate of drug-likeness (QED) is 0.769. The first-order valence-electron chi connectivity index (χ1n) is 8.66. The number of ether oxygens (including phenoxy) is 1. The van der Waals surface area contributed by atoms with Crippen LogP contribution < -0.4 is 10.5 Å². The van der Waals surface area contributed by atoms with Crippen molar-refractivity contribution in [1.29, 1.82) is 0 Å². The first-order chi connectivity index (χ1) is 11.9. The molecule has 2 fully saturated rings. The Kier molecular flexibility index (Phi) is 5.60. The van der Waals surface area contributed by atoms with Crippen molar-refractivity contribution < 1.29 is 17.9 Å². The Balaban J connectivity index is 0.00000196. The second-order valence-corrected chi connectivity index (χ2v) is 8.98. The number of rotatable bonds is 4.